The van der Waals surface area contributed by atoms with Crippen molar-refractivity contribution in [3.05, 3.63) is 30.3 Å². The number of rotatable bonds is 1. The zero-order chi connectivity index (χ0) is 14.4. The molecule has 1 aromatic rings. The molecule has 2 heterocycles. The molecule has 0 radical (unpaired) electrons. The van der Waals surface area contributed by atoms with Gasteiger partial charge in [0.15, 0.2) is 0 Å². The van der Waals surface area contributed by atoms with Crippen molar-refractivity contribution in [2.24, 2.45) is 0 Å². The second-order valence-electron chi connectivity index (χ2n) is 6.38. The number of fused-ring (bicyclic) bond motifs is 1. The number of hydrogen-bond acceptors (Lipinski definition) is 4. The fourth-order valence-corrected chi connectivity index (χ4v) is 3.76. The number of anilines is 1. The summed E-state index contributed by atoms with van der Waals surface area (Å²) in [7, 11) is 0. The molecule has 1 spiro atoms. The van der Waals surface area contributed by atoms with Crippen molar-refractivity contribution in [2.45, 2.75) is 70.0 Å². The summed E-state index contributed by atoms with van der Waals surface area (Å²) in [6.07, 6.45) is 3.95. The van der Waals surface area contributed by atoms with Crippen LogP contribution in [-0.4, -0.2) is 30.5 Å². The molecule has 0 amide bonds. The van der Waals surface area contributed by atoms with Crippen LogP contribution in [0.4, 0.5) is 5.69 Å². The Kier molecular flexibility index (Phi) is 3.21. The molecule has 114 valence electrons. The Morgan fingerprint density at radius 3 is 2.33 bits per heavy atom. The van der Waals surface area contributed by atoms with Crippen LogP contribution in [0.5, 0.6) is 0 Å². The molecule has 4 nitrogen and oxygen atoms in total. The molecule has 1 saturated carbocycles. The lowest BCUT2D eigenvalue weighted by Gasteiger charge is -2.36. The SMILES string of the molecule is CC1OC2(OC1C)OC1CCCCC1N2c1ccccc1. The highest BCUT2D eigenvalue weighted by Gasteiger charge is 2.61. The van der Waals surface area contributed by atoms with Crippen LogP contribution in [-0.2, 0) is 14.2 Å². The zero-order valence-electron chi connectivity index (χ0n) is 12.7. The minimum Gasteiger partial charge on any atom is -0.304 e. The molecule has 21 heavy (non-hydrogen) atoms. The van der Waals surface area contributed by atoms with E-state index < -0.39 is 6.10 Å². The maximum Gasteiger partial charge on any atom is 0.378 e. The number of benzene rings is 1. The van der Waals surface area contributed by atoms with E-state index in [1.165, 1.54) is 12.8 Å². The van der Waals surface area contributed by atoms with E-state index in [0.717, 1.165) is 18.5 Å². The molecule has 2 saturated heterocycles. The van der Waals surface area contributed by atoms with Gasteiger partial charge in [-0.2, -0.15) is 0 Å². The number of para-hydroxylation sites is 1. The Balaban J connectivity index is 1.74. The summed E-state index contributed by atoms with van der Waals surface area (Å²) in [4.78, 5) is 2.23. The van der Waals surface area contributed by atoms with Crippen LogP contribution in [0.2, 0.25) is 0 Å². The van der Waals surface area contributed by atoms with E-state index in [9.17, 15) is 0 Å². The molecule has 2 aliphatic heterocycles. The molecule has 3 fully saturated rings. The van der Waals surface area contributed by atoms with E-state index in [1.54, 1.807) is 0 Å². The van der Waals surface area contributed by atoms with E-state index in [2.05, 4.69) is 29.2 Å². The minimum absolute atomic E-state index is 0.0383. The minimum atomic E-state index is -1.03. The third kappa shape index (κ3) is 2.08. The zero-order valence-corrected chi connectivity index (χ0v) is 12.7. The monoisotopic (exact) mass is 289 g/mol. The van der Waals surface area contributed by atoms with Crippen molar-refractivity contribution in [2.75, 3.05) is 4.90 Å². The van der Waals surface area contributed by atoms with Gasteiger partial charge in [-0.05, 0) is 38.8 Å². The fraction of sp³-hybridized carbons (Fsp3) is 0.647. The highest BCUT2D eigenvalue weighted by molar-refractivity contribution is 5.50. The molecule has 4 atom stereocenters. The summed E-state index contributed by atoms with van der Waals surface area (Å²) in [6, 6.07) is 10.7. The van der Waals surface area contributed by atoms with Gasteiger partial charge in [0, 0.05) is 5.69 Å². The predicted molar refractivity (Wildman–Crippen MR) is 79.9 cm³/mol. The van der Waals surface area contributed by atoms with Gasteiger partial charge in [-0.1, -0.05) is 31.0 Å². The average Bonchev–Trinajstić information content (AvgIpc) is 2.95. The van der Waals surface area contributed by atoms with Crippen molar-refractivity contribution in [1.29, 1.82) is 0 Å². The van der Waals surface area contributed by atoms with Crippen molar-refractivity contribution in [1.82, 2.24) is 0 Å². The molecule has 4 unspecified atom stereocenters. The quantitative estimate of drug-likeness (QED) is 0.794. The normalized spacial score (nSPS) is 42.5. The first-order valence-electron chi connectivity index (χ1n) is 8.07. The Morgan fingerprint density at radius 2 is 1.62 bits per heavy atom. The average molecular weight is 289 g/mol. The van der Waals surface area contributed by atoms with Crippen molar-refractivity contribution in [3.8, 4) is 0 Å². The predicted octanol–water partition coefficient (Wildman–Crippen LogP) is 3.27. The van der Waals surface area contributed by atoms with E-state index in [1.807, 2.05) is 19.9 Å². The van der Waals surface area contributed by atoms with Crippen molar-refractivity contribution >= 4 is 5.69 Å². The Hall–Kier alpha value is -1.10. The second-order valence-corrected chi connectivity index (χ2v) is 6.38. The molecule has 1 aliphatic carbocycles. The van der Waals surface area contributed by atoms with Crippen LogP contribution in [0.15, 0.2) is 30.3 Å². The smallest absolute Gasteiger partial charge is 0.304 e. The summed E-state index contributed by atoms with van der Waals surface area (Å²) in [5.41, 5.74) is 1.12. The van der Waals surface area contributed by atoms with Gasteiger partial charge in [0.1, 0.15) is 0 Å². The van der Waals surface area contributed by atoms with Crippen LogP contribution < -0.4 is 4.90 Å². The van der Waals surface area contributed by atoms with Crippen LogP contribution in [0.25, 0.3) is 0 Å². The van der Waals surface area contributed by atoms with E-state index in [0.29, 0.717) is 6.04 Å². The molecule has 0 aromatic heterocycles. The summed E-state index contributed by atoms with van der Waals surface area (Å²) >= 11 is 0. The summed E-state index contributed by atoms with van der Waals surface area (Å²) < 4.78 is 18.6. The van der Waals surface area contributed by atoms with Gasteiger partial charge >= 0.3 is 6.10 Å². The van der Waals surface area contributed by atoms with Crippen LogP contribution in [0.3, 0.4) is 0 Å². The highest BCUT2D eigenvalue weighted by Crippen LogP contribution is 2.47. The molecule has 4 rings (SSSR count). The third-order valence-electron chi connectivity index (χ3n) is 4.96. The standard InChI is InChI=1S/C17H23NO3/c1-12-13(2)20-17(19-12)18(14-8-4-3-5-9-14)15-10-6-7-11-16(15)21-17/h3-5,8-9,12-13,15-16H,6-7,10-11H2,1-2H3. The lowest BCUT2D eigenvalue weighted by molar-refractivity contribution is -0.327. The lowest BCUT2D eigenvalue weighted by Crippen LogP contribution is -2.50. The first kappa shape index (κ1) is 13.6. The highest BCUT2D eigenvalue weighted by atomic mass is 16.9. The van der Waals surface area contributed by atoms with Gasteiger partial charge in [0.2, 0.25) is 0 Å². The summed E-state index contributed by atoms with van der Waals surface area (Å²) in [6.45, 7) is 4.10. The molecule has 0 bridgehead atoms. The van der Waals surface area contributed by atoms with Crippen LogP contribution in [0.1, 0.15) is 39.5 Å². The summed E-state index contributed by atoms with van der Waals surface area (Å²) in [5, 5.41) is 0. The largest absolute Gasteiger partial charge is 0.378 e. The molecular formula is C17H23NO3. The summed E-state index contributed by atoms with van der Waals surface area (Å²) in [5.74, 6) is 0. The van der Waals surface area contributed by atoms with Gasteiger partial charge < -0.3 is 14.2 Å². The maximum absolute atomic E-state index is 6.30. The molecule has 4 heteroatoms. The first-order valence-corrected chi connectivity index (χ1v) is 8.07. The molecule has 0 N–H and O–H groups in total. The maximum atomic E-state index is 6.30. The van der Waals surface area contributed by atoms with Gasteiger partial charge in [-0.25, -0.2) is 0 Å². The lowest BCUT2D eigenvalue weighted by atomic mass is 9.92. The van der Waals surface area contributed by atoms with Crippen molar-refractivity contribution < 1.29 is 14.2 Å². The Morgan fingerprint density at radius 1 is 0.952 bits per heavy atom. The topological polar surface area (TPSA) is 30.9 Å². The van der Waals surface area contributed by atoms with Crippen LogP contribution >= 0.6 is 0 Å². The third-order valence-corrected chi connectivity index (χ3v) is 4.96. The van der Waals surface area contributed by atoms with Gasteiger partial charge in [-0.3, -0.25) is 4.90 Å². The first-order chi connectivity index (χ1) is 10.2. The van der Waals surface area contributed by atoms with Gasteiger partial charge in [0.25, 0.3) is 0 Å². The number of hydrogen-bond donors (Lipinski definition) is 0. The van der Waals surface area contributed by atoms with Crippen LogP contribution in [0, 0.1) is 0 Å². The second kappa shape index (κ2) is 4.97. The fourth-order valence-electron chi connectivity index (χ4n) is 3.76. The van der Waals surface area contributed by atoms with E-state index in [-0.39, 0.29) is 18.3 Å². The Bertz CT molecular complexity index is 496. The van der Waals surface area contributed by atoms with E-state index in [4.69, 9.17) is 14.2 Å². The Labute approximate surface area is 126 Å². The molecular weight excluding hydrogens is 266 g/mol. The molecule has 1 aromatic carbocycles. The van der Waals surface area contributed by atoms with Gasteiger partial charge in [-0.15, -0.1) is 0 Å². The number of nitrogens with zero attached hydrogens (tertiary/aromatic N) is 1. The van der Waals surface area contributed by atoms with Crippen molar-refractivity contribution in [3.63, 3.8) is 0 Å². The van der Waals surface area contributed by atoms with E-state index >= 15 is 0 Å². The number of ether oxygens (including phenoxy) is 3. The molecule has 3 aliphatic rings. The van der Waals surface area contributed by atoms with Gasteiger partial charge in [0.05, 0.1) is 24.4 Å².